The van der Waals surface area contributed by atoms with Gasteiger partial charge >= 0.3 is 82.1 Å². The van der Waals surface area contributed by atoms with Crippen molar-refractivity contribution in [1.29, 1.82) is 0 Å². The lowest BCUT2D eigenvalue weighted by Crippen LogP contribution is -2.55. The molecule has 10 heterocycles. The van der Waals surface area contributed by atoms with E-state index in [1.54, 1.807) is 0 Å². The molecule has 5 saturated heterocycles. The molecule has 33 N–H and O–H groups in total. The molecule has 121 heavy (non-hydrogen) atoms. The van der Waals surface area contributed by atoms with Gasteiger partial charge in [0.25, 0.3) is 0 Å². The van der Waals surface area contributed by atoms with E-state index in [9.17, 15) is 108 Å². The number of hydrogen-bond donors (Lipinski definition) is 28. The lowest BCUT2D eigenvalue weighted by molar-refractivity contribution is -0.776. The minimum Gasteiger partial charge on any atom is -0.550 e. The number of nitrogens with one attached hydrogen (secondary N) is 5. The van der Waals surface area contributed by atoms with Crippen LogP contribution >= 0.6 is 0 Å². The molecule has 5 fully saturated rings. The van der Waals surface area contributed by atoms with Crippen molar-refractivity contribution < 1.29 is 207 Å². The van der Waals surface area contributed by atoms with E-state index in [4.69, 9.17) is 129 Å². The molecule has 5 aliphatic rings. The highest BCUT2D eigenvalue weighted by Crippen LogP contribution is 2.27. The molecule has 19 atom stereocenters. The highest BCUT2D eigenvalue weighted by molar-refractivity contribution is 5.87. The Balaban J connectivity index is 0.000000685. The Morgan fingerprint density at radius 3 is 0.760 bits per heavy atom. The van der Waals surface area contributed by atoms with Crippen LogP contribution in [0.2, 0.25) is 0 Å². The number of carbonyl (C=O) groups is 9. The number of H-pyrrole nitrogens is 5. The molecule has 0 amide bonds. The number of anilines is 5. The van der Waals surface area contributed by atoms with Gasteiger partial charge < -0.3 is 194 Å². The van der Waals surface area contributed by atoms with E-state index >= 15 is 0 Å². The van der Waals surface area contributed by atoms with Gasteiger partial charge in [-0.1, -0.05) is 24.9 Å². The quantitative estimate of drug-likeness (QED) is 0.0286. The second kappa shape index (κ2) is 51.8. The van der Waals surface area contributed by atoms with Crippen molar-refractivity contribution >= 4 is 83.5 Å². The Morgan fingerprint density at radius 2 is 0.645 bits per heavy atom. The van der Waals surface area contributed by atoms with Crippen LogP contribution in [0.4, 0.5) is 29.7 Å². The molecule has 0 bridgehead atoms. The molecule has 5 aromatic heterocycles. The Morgan fingerprint density at radius 1 is 0.421 bits per heavy atom. The monoisotopic (exact) mass is 1750 g/mol. The van der Waals surface area contributed by atoms with E-state index < -0.39 is 218 Å². The fraction of sp³-hybridized carbons (Fsp3) is 0.593. The second-order valence-electron chi connectivity index (χ2n) is 24.7. The summed E-state index contributed by atoms with van der Waals surface area (Å²) in [6.45, 7) is 0.641. The number of aliphatic hydroxyl groups excluding tert-OH is 13. The zero-order valence-electron chi connectivity index (χ0n) is 62.9. The molecule has 0 saturated carbocycles. The summed E-state index contributed by atoms with van der Waals surface area (Å²) in [5.74, 6) is -14.1. The van der Waals surface area contributed by atoms with E-state index in [1.165, 1.54) is 54.5 Å². The van der Waals surface area contributed by atoms with Crippen molar-refractivity contribution in [2.45, 2.75) is 188 Å². The van der Waals surface area contributed by atoms with E-state index in [-0.39, 0.29) is 101 Å². The van der Waals surface area contributed by atoms with Gasteiger partial charge in [-0.2, -0.15) is 47.8 Å². The van der Waals surface area contributed by atoms with Crippen LogP contribution in [-0.4, -0.2) is 313 Å². The van der Waals surface area contributed by atoms with E-state index in [0.29, 0.717) is 0 Å². The van der Waals surface area contributed by atoms with Gasteiger partial charge in [-0.05, 0) is 20.3 Å². The van der Waals surface area contributed by atoms with Gasteiger partial charge in [0.15, 0.2) is 42.8 Å². The van der Waals surface area contributed by atoms with Crippen molar-refractivity contribution in [2.24, 2.45) is 0 Å². The summed E-state index contributed by atoms with van der Waals surface area (Å²) in [5, 5.41) is 205. The van der Waals surface area contributed by atoms with E-state index in [2.05, 4.69) is 49.8 Å². The number of nitrogens with zero attached hydrogens (tertiary/aromatic N) is 10. The summed E-state index contributed by atoms with van der Waals surface area (Å²) in [7, 11) is 0. The van der Waals surface area contributed by atoms with Crippen LogP contribution in [0.1, 0.15) is 103 Å². The largest absolute Gasteiger partial charge is 0.550 e. The maximum absolute atomic E-state index is 11.5. The number of nitrogen functional groups attached to an aromatic ring is 5. The SMILES string of the molecule is CC(=O)[O-].C[C@H](O)C(=O)[O-].Nc1nc[n+]([C@H]2CC(O)[C@@H](CO)O2)c(=O)[nH]1.Nc1nc[n+]([C@H]2CC(O)[C@@H](CO)O2)c(=O)[nH]1.Nc1nc[n+]([C@H]2CC(O)[C@@H](CO)O2)c(=O)[nH]1.Nc1nc[n+]([C@H]2CC(O)[C@@H](CO)O2)c(=O)[nH]1.Nc1nc[n+]([C@H]2CC(O)[C@@H](CO)O2)c(=O)[nH]1.O=C([O-])CC(O)(CC(=O)O)C(=O)O.O=C([O-])CCC(=O)O.O=C([O-])[C@@H](O)[C@H](O)C(=O)O. The number of carboxylic acid groups (broad SMARTS) is 9. The number of aromatic amines is 5. The van der Waals surface area contributed by atoms with Crippen LogP contribution in [0.15, 0.2) is 55.6 Å². The fourth-order valence-electron chi connectivity index (χ4n) is 9.37. The topological polar surface area (TPSA) is 1060 Å². The zero-order chi connectivity index (χ0) is 92.8. The first-order chi connectivity index (χ1) is 56.3. The predicted octanol–water partition coefficient (Wildman–Crippen LogP) is -24.2. The number of aliphatic carboxylic acids is 9. The number of hydrogen-bond acceptors (Lipinski definition) is 48. The number of aromatic nitrogens is 15. The van der Waals surface area contributed by atoms with Gasteiger partial charge in [-0.3, -0.25) is 9.59 Å². The van der Waals surface area contributed by atoms with Crippen molar-refractivity contribution in [3.05, 3.63) is 84.1 Å². The summed E-state index contributed by atoms with van der Waals surface area (Å²) >= 11 is 0. The molecule has 678 valence electrons. The van der Waals surface area contributed by atoms with Crippen molar-refractivity contribution in [2.75, 3.05) is 61.7 Å². The van der Waals surface area contributed by atoms with Crippen molar-refractivity contribution in [1.82, 2.24) is 49.8 Å². The predicted molar refractivity (Wildman–Crippen MR) is 364 cm³/mol. The smallest absolute Gasteiger partial charge is 0.446 e. The maximum Gasteiger partial charge on any atom is 0.446 e. The van der Waals surface area contributed by atoms with Gasteiger partial charge in [0, 0.05) is 56.4 Å². The molecule has 0 aromatic carbocycles. The normalized spacial score (nSPS) is 23.8. The summed E-state index contributed by atoms with van der Waals surface area (Å²) in [6.07, 6.45) is -12.4. The first kappa shape index (κ1) is 107. The summed E-state index contributed by atoms with van der Waals surface area (Å²) in [6, 6.07) is 0. The van der Waals surface area contributed by atoms with Crippen molar-refractivity contribution in [3.63, 3.8) is 0 Å². The number of ether oxygens (including phenoxy) is 5. The van der Waals surface area contributed by atoms with Crippen LogP contribution in [0, 0.1) is 0 Å². The third kappa shape index (κ3) is 37.1. The van der Waals surface area contributed by atoms with Crippen LogP contribution in [0.25, 0.3) is 0 Å². The summed E-state index contributed by atoms with van der Waals surface area (Å²) in [5.41, 5.74) is 21.3. The fourth-order valence-corrected chi connectivity index (χ4v) is 9.37. The average molecular weight is 1750 g/mol. The minimum atomic E-state index is -2.80. The third-order valence-corrected chi connectivity index (χ3v) is 15.4. The van der Waals surface area contributed by atoms with Crippen LogP contribution in [-0.2, 0) is 66.8 Å². The van der Waals surface area contributed by atoms with Gasteiger partial charge in [0.2, 0.25) is 31.6 Å². The standard InChI is InChI=1S/5C8H12N4O4.C6H8O7.C4H6O6.C4H6O4.C3H6O3.C2H4O2/c5*9-7-10-3-12(8(15)11-7)6-1-4(14)5(2-13)16-6;7-3(8)1-6(13,5(11)12)2-4(9)10;5-1(3(7)8)2(6)4(9)10;5-3(6)1-2-4(7)8;1-2(4)3(5)6;1-2(3)4/h5*3-6,13-14H,1-2H2,(H2,9,11,15);13H,1-2H2,(H,7,8)(H,9,10)(H,11,12);1-2,5-6H,(H,7,8)(H,9,10);1-2H2,(H,5,6)(H,7,8);2,4H,1H3,(H,5,6);1H3,(H,3,4)/t5*4?,5-,6-;;1-,2-;;2-;/m11111.0.0./s1. The van der Waals surface area contributed by atoms with Gasteiger partial charge in [0.05, 0.1) is 94.4 Å². The van der Waals surface area contributed by atoms with Crippen LogP contribution < -0.4 is 105 Å². The van der Waals surface area contributed by atoms with Crippen LogP contribution in [0.3, 0.4) is 0 Å². The molecule has 62 heteroatoms. The molecule has 0 spiro atoms. The summed E-state index contributed by atoms with van der Waals surface area (Å²) < 4.78 is 32.4. The molecular weight excluding hydrogens is 1660 g/mol. The van der Waals surface area contributed by atoms with Crippen LogP contribution in [0.5, 0.6) is 0 Å². The maximum atomic E-state index is 11.5. The molecular formula is C59H90N20O42. The first-order valence-corrected chi connectivity index (χ1v) is 34.0. The minimum absolute atomic E-state index is 0.0125. The molecule has 10 rings (SSSR count). The first-order valence-electron chi connectivity index (χ1n) is 34.0. The molecule has 6 unspecified atom stereocenters. The number of carboxylic acids is 9. The summed E-state index contributed by atoms with van der Waals surface area (Å²) in [4.78, 5) is 175. The van der Waals surface area contributed by atoms with Gasteiger partial charge in [-0.25, -0.2) is 33.6 Å². The molecule has 62 nitrogen and oxygen atoms in total. The molecule has 0 radical (unpaired) electrons. The lowest BCUT2D eigenvalue weighted by atomic mass is 9.96. The Hall–Kier alpha value is -12.5. The molecule has 5 aliphatic heterocycles. The highest BCUT2D eigenvalue weighted by atomic mass is 16.6. The second-order valence-corrected chi connectivity index (χ2v) is 24.7. The zero-order valence-corrected chi connectivity index (χ0v) is 62.9. The highest BCUT2D eigenvalue weighted by Gasteiger charge is 2.43. The van der Waals surface area contributed by atoms with E-state index in [1.807, 2.05) is 0 Å². The lowest BCUT2D eigenvalue weighted by Gasteiger charge is -2.21. The Kier molecular flexibility index (Phi) is 45.6. The van der Waals surface area contributed by atoms with Crippen molar-refractivity contribution in [3.8, 4) is 0 Å². The average Bonchev–Trinajstić information content (AvgIpc) is 1.71. The van der Waals surface area contributed by atoms with Gasteiger partial charge in [-0.15, -0.1) is 0 Å². The number of carbonyl (C=O) groups excluding carboxylic acids is 5. The third-order valence-electron chi connectivity index (χ3n) is 15.4. The Labute approximate surface area is 672 Å². The van der Waals surface area contributed by atoms with Gasteiger partial charge in [0.1, 0.15) is 36.6 Å². The number of nitrogens with two attached hydrogens (primary N) is 5. The molecule has 5 aromatic rings. The molecule has 0 aliphatic carbocycles. The Bertz CT molecular complexity index is 3970. The number of aliphatic hydroxyl groups is 14. The van der Waals surface area contributed by atoms with E-state index in [0.717, 1.165) is 13.8 Å². The number of rotatable bonds is 22.